The quantitative estimate of drug-likeness (QED) is 0.920. The van der Waals surface area contributed by atoms with Gasteiger partial charge in [0.25, 0.3) is 0 Å². The molecule has 0 spiro atoms. The topological polar surface area (TPSA) is 72.3 Å². The van der Waals surface area contributed by atoms with Gasteiger partial charge in [-0.2, -0.15) is 0 Å². The lowest BCUT2D eigenvalue weighted by Gasteiger charge is -2.06. The number of aromatic carboxylic acids is 1. The van der Waals surface area contributed by atoms with E-state index in [0.29, 0.717) is 0 Å². The SMILES string of the molecule is Cc1cc(C)nc(Oc2ccc(C(=O)O)c(F)c2)n1. The molecule has 0 amide bonds. The number of hydrogen-bond donors (Lipinski definition) is 1. The zero-order valence-corrected chi connectivity index (χ0v) is 10.3. The first-order chi connectivity index (χ1) is 8.95. The second-order valence-electron chi connectivity index (χ2n) is 3.98. The van der Waals surface area contributed by atoms with Gasteiger partial charge in [0, 0.05) is 17.5 Å². The largest absolute Gasteiger partial charge is 0.478 e. The number of ether oxygens (including phenoxy) is 1. The normalized spacial score (nSPS) is 10.3. The standard InChI is InChI=1S/C13H11FN2O3/c1-7-5-8(2)16-13(15-7)19-9-3-4-10(12(17)18)11(14)6-9/h3-6H,1-2H3,(H,17,18). The molecule has 0 fully saturated rings. The van der Waals surface area contributed by atoms with Crippen LogP contribution in [0.25, 0.3) is 0 Å². The Labute approximate surface area is 108 Å². The summed E-state index contributed by atoms with van der Waals surface area (Å²) in [4.78, 5) is 18.8. The summed E-state index contributed by atoms with van der Waals surface area (Å²) >= 11 is 0. The lowest BCUT2D eigenvalue weighted by atomic mass is 10.2. The molecule has 6 heteroatoms. The first kappa shape index (κ1) is 12.9. The molecule has 0 bridgehead atoms. The summed E-state index contributed by atoms with van der Waals surface area (Å²) < 4.78 is 18.8. The van der Waals surface area contributed by atoms with Gasteiger partial charge in [-0.3, -0.25) is 0 Å². The minimum Gasteiger partial charge on any atom is -0.478 e. The minimum absolute atomic E-state index is 0.0972. The summed E-state index contributed by atoms with van der Waals surface area (Å²) in [5.41, 5.74) is 1.05. The fourth-order valence-corrected chi connectivity index (χ4v) is 1.58. The summed E-state index contributed by atoms with van der Waals surface area (Å²) in [7, 11) is 0. The van der Waals surface area contributed by atoms with Crippen LogP contribution in [0.1, 0.15) is 21.7 Å². The minimum atomic E-state index is -1.33. The molecule has 2 aromatic rings. The Hall–Kier alpha value is -2.50. The molecule has 0 aliphatic rings. The molecule has 1 aromatic heterocycles. The van der Waals surface area contributed by atoms with Gasteiger partial charge >= 0.3 is 12.0 Å². The van der Waals surface area contributed by atoms with E-state index in [2.05, 4.69) is 9.97 Å². The van der Waals surface area contributed by atoms with E-state index in [1.54, 1.807) is 19.9 Å². The molecule has 19 heavy (non-hydrogen) atoms. The van der Waals surface area contributed by atoms with Crippen LogP contribution >= 0.6 is 0 Å². The molecular formula is C13H11FN2O3. The van der Waals surface area contributed by atoms with E-state index in [9.17, 15) is 9.18 Å². The van der Waals surface area contributed by atoms with Crippen LogP contribution in [0.3, 0.4) is 0 Å². The van der Waals surface area contributed by atoms with Crippen LogP contribution in [0.15, 0.2) is 24.3 Å². The Morgan fingerprint density at radius 1 is 1.21 bits per heavy atom. The first-order valence-corrected chi connectivity index (χ1v) is 5.48. The van der Waals surface area contributed by atoms with Gasteiger partial charge in [-0.25, -0.2) is 19.2 Å². The smallest absolute Gasteiger partial charge is 0.338 e. The lowest BCUT2D eigenvalue weighted by molar-refractivity contribution is 0.0692. The van der Waals surface area contributed by atoms with Crippen molar-refractivity contribution in [1.29, 1.82) is 0 Å². The summed E-state index contributed by atoms with van der Waals surface area (Å²) in [6.45, 7) is 3.57. The number of hydrogen-bond acceptors (Lipinski definition) is 4. The van der Waals surface area contributed by atoms with Crippen LogP contribution in [0.4, 0.5) is 4.39 Å². The predicted molar refractivity (Wildman–Crippen MR) is 64.9 cm³/mol. The molecule has 1 heterocycles. The molecule has 0 radical (unpaired) electrons. The van der Waals surface area contributed by atoms with Gasteiger partial charge in [0.2, 0.25) is 0 Å². The third-order valence-corrected chi connectivity index (χ3v) is 2.34. The van der Waals surface area contributed by atoms with Crippen molar-refractivity contribution in [3.8, 4) is 11.8 Å². The van der Waals surface area contributed by atoms with Crippen molar-refractivity contribution in [1.82, 2.24) is 9.97 Å². The molecule has 0 aliphatic heterocycles. The molecule has 0 atom stereocenters. The molecule has 2 rings (SSSR count). The number of aromatic nitrogens is 2. The lowest BCUT2D eigenvalue weighted by Crippen LogP contribution is -2.01. The highest BCUT2D eigenvalue weighted by Gasteiger charge is 2.12. The van der Waals surface area contributed by atoms with E-state index in [1.807, 2.05) is 0 Å². The van der Waals surface area contributed by atoms with Crippen LogP contribution in [-0.2, 0) is 0 Å². The Balaban J connectivity index is 2.28. The zero-order chi connectivity index (χ0) is 14.0. The van der Waals surface area contributed by atoms with E-state index in [4.69, 9.17) is 9.84 Å². The fraction of sp³-hybridized carbons (Fsp3) is 0.154. The Morgan fingerprint density at radius 3 is 2.37 bits per heavy atom. The highest BCUT2D eigenvalue weighted by Crippen LogP contribution is 2.21. The average molecular weight is 262 g/mol. The zero-order valence-electron chi connectivity index (χ0n) is 10.3. The second kappa shape index (κ2) is 5.01. The summed E-state index contributed by atoms with van der Waals surface area (Å²) in [6, 6.07) is 5.36. The maximum absolute atomic E-state index is 13.5. The number of nitrogens with zero attached hydrogens (tertiary/aromatic N) is 2. The molecule has 0 saturated carbocycles. The molecule has 0 saturated heterocycles. The van der Waals surface area contributed by atoms with Crippen molar-refractivity contribution >= 4 is 5.97 Å². The predicted octanol–water partition coefficient (Wildman–Crippen LogP) is 2.72. The van der Waals surface area contributed by atoms with Gasteiger partial charge < -0.3 is 9.84 Å². The number of carbonyl (C=O) groups is 1. The number of carboxylic acids is 1. The third kappa shape index (κ3) is 3.04. The maximum atomic E-state index is 13.5. The number of rotatable bonds is 3. The van der Waals surface area contributed by atoms with E-state index >= 15 is 0 Å². The van der Waals surface area contributed by atoms with Gasteiger partial charge in [-0.1, -0.05) is 0 Å². The first-order valence-electron chi connectivity index (χ1n) is 5.48. The van der Waals surface area contributed by atoms with Crippen molar-refractivity contribution in [3.05, 3.63) is 47.0 Å². The highest BCUT2D eigenvalue weighted by molar-refractivity contribution is 5.88. The van der Waals surface area contributed by atoms with Crippen molar-refractivity contribution in [2.75, 3.05) is 0 Å². The van der Waals surface area contributed by atoms with E-state index in [0.717, 1.165) is 23.5 Å². The van der Waals surface area contributed by atoms with Crippen LogP contribution in [0, 0.1) is 19.7 Å². The average Bonchev–Trinajstić information content (AvgIpc) is 2.26. The third-order valence-electron chi connectivity index (χ3n) is 2.34. The number of halogens is 1. The monoisotopic (exact) mass is 262 g/mol. The van der Waals surface area contributed by atoms with Gasteiger partial charge in [-0.05, 0) is 32.0 Å². The molecule has 1 N–H and O–H groups in total. The van der Waals surface area contributed by atoms with Gasteiger partial charge in [0.05, 0.1) is 5.56 Å². The highest BCUT2D eigenvalue weighted by atomic mass is 19.1. The summed E-state index contributed by atoms with van der Waals surface area (Å²) in [5.74, 6) is -2.05. The second-order valence-corrected chi connectivity index (χ2v) is 3.98. The van der Waals surface area contributed by atoms with E-state index < -0.39 is 17.3 Å². The number of carboxylic acid groups (broad SMARTS) is 1. The maximum Gasteiger partial charge on any atom is 0.338 e. The van der Waals surface area contributed by atoms with E-state index in [1.165, 1.54) is 6.07 Å². The summed E-state index contributed by atoms with van der Waals surface area (Å²) in [5, 5.41) is 8.71. The van der Waals surface area contributed by atoms with Gasteiger partial charge in [0.1, 0.15) is 11.6 Å². The fourth-order valence-electron chi connectivity index (χ4n) is 1.58. The van der Waals surface area contributed by atoms with Crippen LogP contribution in [-0.4, -0.2) is 21.0 Å². The van der Waals surface area contributed by atoms with Crippen molar-refractivity contribution < 1.29 is 19.0 Å². The molecule has 0 unspecified atom stereocenters. The Bertz CT molecular complexity index is 624. The van der Waals surface area contributed by atoms with Crippen molar-refractivity contribution in [2.45, 2.75) is 13.8 Å². The van der Waals surface area contributed by atoms with Gasteiger partial charge in [0.15, 0.2) is 0 Å². The molecule has 0 aliphatic carbocycles. The number of benzene rings is 1. The van der Waals surface area contributed by atoms with Crippen molar-refractivity contribution in [2.24, 2.45) is 0 Å². The molecule has 5 nitrogen and oxygen atoms in total. The molecule has 1 aromatic carbocycles. The Morgan fingerprint density at radius 2 is 1.84 bits per heavy atom. The van der Waals surface area contributed by atoms with E-state index in [-0.39, 0.29) is 11.8 Å². The van der Waals surface area contributed by atoms with Crippen LogP contribution in [0.5, 0.6) is 11.8 Å². The molecular weight excluding hydrogens is 251 g/mol. The van der Waals surface area contributed by atoms with Crippen LogP contribution < -0.4 is 4.74 Å². The number of aryl methyl sites for hydroxylation is 2. The Kier molecular flexibility index (Phi) is 3.41. The van der Waals surface area contributed by atoms with Crippen molar-refractivity contribution in [3.63, 3.8) is 0 Å². The molecule has 98 valence electrons. The van der Waals surface area contributed by atoms with Crippen LogP contribution in [0.2, 0.25) is 0 Å². The van der Waals surface area contributed by atoms with Gasteiger partial charge in [-0.15, -0.1) is 0 Å². The summed E-state index contributed by atoms with van der Waals surface area (Å²) in [6.07, 6.45) is 0.